The van der Waals surface area contributed by atoms with E-state index in [0.29, 0.717) is 23.7 Å². The molecule has 0 aromatic heterocycles. The summed E-state index contributed by atoms with van der Waals surface area (Å²) < 4.78 is 5.09. The van der Waals surface area contributed by atoms with Gasteiger partial charge in [0.05, 0.1) is 17.7 Å². The fourth-order valence-electron chi connectivity index (χ4n) is 2.08. The number of benzene rings is 1. The molecule has 88 valence electrons. The number of nitrogens with one attached hydrogen (secondary N) is 1. The molecule has 1 aromatic rings. The standard InChI is InChI=1S/C12H16ClNO2/c1-16-11-3-2-9(6-10(11)13)7-12(15)4-5-14-8-12/h2-3,6,14-15H,4-5,7-8H2,1H3. The monoisotopic (exact) mass is 241 g/mol. The summed E-state index contributed by atoms with van der Waals surface area (Å²) in [5, 5.41) is 14.0. The molecule has 16 heavy (non-hydrogen) atoms. The maximum atomic E-state index is 10.2. The van der Waals surface area contributed by atoms with E-state index in [1.165, 1.54) is 0 Å². The van der Waals surface area contributed by atoms with Crippen LogP contribution in [0.2, 0.25) is 5.02 Å². The molecule has 0 amide bonds. The summed E-state index contributed by atoms with van der Waals surface area (Å²) in [6.07, 6.45) is 1.42. The average Bonchev–Trinajstić information content (AvgIpc) is 2.65. The Labute approximate surface area is 100 Å². The van der Waals surface area contributed by atoms with Gasteiger partial charge >= 0.3 is 0 Å². The molecule has 0 aliphatic carbocycles. The number of rotatable bonds is 3. The van der Waals surface area contributed by atoms with E-state index >= 15 is 0 Å². The first-order valence-corrected chi connectivity index (χ1v) is 5.76. The van der Waals surface area contributed by atoms with Crippen LogP contribution in [0.4, 0.5) is 0 Å². The van der Waals surface area contributed by atoms with Gasteiger partial charge in [0.2, 0.25) is 0 Å². The molecule has 1 unspecified atom stereocenters. The average molecular weight is 242 g/mol. The van der Waals surface area contributed by atoms with Crippen LogP contribution in [0.25, 0.3) is 0 Å². The molecule has 3 nitrogen and oxygen atoms in total. The molecule has 1 aromatic carbocycles. The third-order valence-electron chi connectivity index (χ3n) is 2.97. The van der Waals surface area contributed by atoms with E-state index < -0.39 is 5.60 Å². The number of hydrogen-bond donors (Lipinski definition) is 2. The highest BCUT2D eigenvalue weighted by Gasteiger charge is 2.31. The van der Waals surface area contributed by atoms with E-state index in [0.717, 1.165) is 18.5 Å². The fraction of sp³-hybridized carbons (Fsp3) is 0.500. The van der Waals surface area contributed by atoms with E-state index in [2.05, 4.69) is 5.32 Å². The molecule has 1 aliphatic heterocycles. The van der Waals surface area contributed by atoms with E-state index in [1.807, 2.05) is 18.2 Å². The second kappa shape index (κ2) is 4.62. The summed E-state index contributed by atoms with van der Waals surface area (Å²) in [4.78, 5) is 0. The van der Waals surface area contributed by atoms with Gasteiger partial charge in [0.15, 0.2) is 0 Å². The van der Waals surface area contributed by atoms with Crippen molar-refractivity contribution in [1.29, 1.82) is 0 Å². The smallest absolute Gasteiger partial charge is 0.137 e. The first kappa shape index (κ1) is 11.7. The molecule has 1 aliphatic rings. The molecule has 0 bridgehead atoms. The summed E-state index contributed by atoms with van der Waals surface area (Å²) in [5.41, 5.74) is 0.412. The summed E-state index contributed by atoms with van der Waals surface area (Å²) in [7, 11) is 1.59. The summed E-state index contributed by atoms with van der Waals surface area (Å²) in [6.45, 7) is 1.52. The van der Waals surface area contributed by atoms with Crippen molar-refractivity contribution in [2.45, 2.75) is 18.4 Å². The highest BCUT2D eigenvalue weighted by atomic mass is 35.5. The first-order chi connectivity index (χ1) is 7.63. The number of halogens is 1. The summed E-state index contributed by atoms with van der Waals surface area (Å²) in [6, 6.07) is 5.64. The van der Waals surface area contributed by atoms with Crippen molar-refractivity contribution in [1.82, 2.24) is 5.32 Å². The van der Waals surface area contributed by atoms with Crippen LogP contribution < -0.4 is 10.1 Å². The number of aliphatic hydroxyl groups is 1. The van der Waals surface area contributed by atoms with Gasteiger partial charge in [-0.2, -0.15) is 0 Å². The van der Waals surface area contributed by atoms with Gasteiger partial charge in [-0.15, -0.1) is 0 Å². The lowest BCUT2D eigenvalue weighted by molar-refractivity contribution is 0.0619. The van der Waals surface area contributed by atoms with Crippen molar-refractivity contribution in [3.63, 3.8) is 0 Å². The van der Waals surface area contributed by atoms with Crippen LogP contribution in [0, 0.1) is 0 Å². The van der Waals surface area contributed by atoms with Crippen molar-refractivity contribution in [2.24, 2.45) is 0 Å². The normalized spacial score (nSPS) is 24.7. The largest absolute Gasteiger partial charge is 0.495 e. The number of ether oxygens (including phenoxy) is 1. The van der Waals surface area contributed by atoms with Gasteiger partial charge in [-0.3, -0.25) is 0 Å². The Morgan fingerprint density at radius 1 is 1.56 bits per heavy atom. The predicted octanol–water partition coefficient (Wildman–Crippen LogP) is 1.62. The number of β-amino-alcohol motifs (C(OH)–C–C–N with tert-alkyl or cyclic N) is 1. The van der Waals surface area contributed by atoms with Crippen LogP contribution >= 0.6 is 11.6 Å². The van der Waals surface area contributed by atoms with E-state index in [1.54, 1.807) is 7.11 Å². The lowest BCUT2D eigenvalue weighted by Crippen LogP contribution is -2.33. The van der Waals surface area contributed by atoms with Crippen molar-refractivity contribution in [2.75, 3.05) is 20.2 Å². The quantitative estimate of drug-likeness (QED) is 0.845. The molecule has 4 heteroatoms. The second-order valence-electron chi connectivity index (χ2n) is 4.30. The van der Waals surface area contributed by atoms with E-state index in [4.69, 9.17) is 16.3 Å². The topological polar surface area (TPSA) is 41.5 Å². The van der Waals surface area contributed by atoms with Gasteiger partial charge < -0.3 is 15.2 Å². The Morgan fingerprint density at radius 2 is 2.38 bits per heavy atom. The lowest BCUT2D eigenvalue weighted by Gasteiger charge is -2.21. The number of methoxy groups -OCH3 is 1. The van der Waals surface area contributed by atoms with Crippen molar-refractivity contribution < 1.29 is 9.84 Å². The zero-order valence-corrected chi connectivity index (χ0v) is 10.0. The minimum absolute atomic E-state index is 0.592. The fourth-order valence-corrected chi connectivity index (χ4v) is 2.36. The second-order valence-corrected chi connectivity index (χ2v) is 4.70. The van der Waals surface area contributed by atoms with Gasteiger partial charge in [0.1, 0.15) is 5.75 Å². The Bertz CT molecular complexity index is 375. The molecule has 1 fully saturated rings. The Hall–Kier alpha value is -0.770. The molecular weight excluding hydrogens is 226 g/mol. The molecule has 2 N–H and O–H groups in total. The minimum atomic E-state index is -0.627. The van der Waals surface area contributed by atoms with Gasteiger partial charge in [0, 0.05) is 13.0 Å². The van der Waals surface area contributed by atoms with Crippen LogP contribution in [-0.2, 0) is 6.42 Å². The van der Waals surface area contributed by atoms with Crippen molar-refractivity contribution >= 4 is 11.6 Å². The molecule has 0 spiro atoms. The Balaban J connectivity index is 2.13. The third-order valence-corrected chi connectivity index (χ3v) is 3.27. The van der Waals surface area contributed by atoms with Crippen molar-refractivity contribution in [3.05, 3.63) is 28.8 Å². The highest BCUT2D eigenvalue weighted by Crippen LogP contribution is 2.28. The highest BCUT2D eigenvalue weighted by molar-refractivity contribution is 6.32. The van der Waals surface area contributed by atoms with Crippen LogP contribution in [0.3, 0.4) is 0 Å². The van der Waals surface area contributed by atoms with Crippen LogP contribution in [0.5, 0.6) is 5.75 Å². The first-order valence-electron chi connectivity index (χ1n) is 5.38. The van der Waals surface area contributed by atoms with Gasteiger partial charge in [0.25, 0.3) is 0 Å². The lowest BCUT2D eigenvalue weighted by atomic mass is 9.94. The van der Waals surface area contributed by atoms with Crippen LogP contribution in [0.1, 0.15) is 12.0 Å². The van der Waals surface area contributed by atoms with Crippen LogP contribution in [-0.4, -0.2) is 30.9 Å². The summed E-state index contributed by atoms with van der Waals surface area (Å²) in [5.74, 6) is 0.668. The SMILES string of the molecule is COc1ccc(CC2(O)CCNC2)cc1Cl. The van der Waals surface area contributed by atoms with Crippen LogP contribution in [0.15, 0.2) is 18.2 Å². The Morgan fingerprint density at radius 3 is 2.94 bits per heavy atom. The zero-order chi connectivity index (χ0) is 11.6. The maximum absolute atomic E-state index is 10.2. The van der Waals surface area contributed by atoms with Gasteiger partial charge in [-0.25, -0.2) is 0 Å². The molecule has 1 heterocycles. The van der Waals surface area contributed by atoms with E-state index in [-0.39, 0.29) is 0 Å². The zero-order valence-electron chi connectivity index (χ0n) is 9.29. The third kappa shape index (κ3) is 2.48. The van der Waals surface area contributed by atoms with Gasteiger partial charge in [-0.05, 0) is 30.7 Å². The molecular formula is C12H16ClNO2. The summed E-state index contributed by atoms with van der Waals surface area (Å²) >= 11 is 6.04. The molecule has 0 saturated carbocycles. The van der Waals surface area contributed by atoms with Gasteiger partial charge in [-0.1, -0.05) is 17.7 Å². The maximum Gasteiger partial charge on any atom is 0.137 e. The molecule has 2 rings (SSSR count). The molecule has 0 radical (unpaired) electrons. The predicted molar refractivity (Wildman–Crippen MR) is 64.1 cm³/mol. The Kier molecular flexibility index (Phi) is 3.38. The molecule has 1 atom stereocenters. The van der Waals surface area contributed by atoms with E-state index in [9.17, 15) is 5.11 Å². The number of hydrogen-bond acceptors (Lipinski definition) is 3. The van der Waals surface area contributed by atoms with Crippen molar-refractivity contribution in [3.8, 4) is 5.75 Å². The molecule has 1 saturated heterocycles. The minimum Gasteiger partial charge on any atom is -0.495 e.